The largest absolute Gasteiger partial charge is 0.411 e. The molecule has 0 fully saturated rings. The molecule has 1 N–H and O–H groups in total. The Morgan fingerprint density at radius 2 is 1.79 bits per heavy atom. The molecule has 1 aromatic carbocycles. The molecule has 3 heteroatoms. The second kappa shape index (κ2) is 5.27. The standard InChI is InChI=1S/C11H16N2O/c1-3-13(4-2)11-7-5-10(6-8-11)9-12-14/h5-9,14H,3-4H2,1-2H3/b12-9-. The van der Waals surface area contributed by atoms with Gasteiger partial charge >= 0.3 is 0 Å². The van der Waals surface area contributed by atoms with Gasteiger partial charge in [0.1, 0.15) is 0 Å². The van der Waals surface area contributed by atoms with E-state index in [1.165, 1.54) is 11.9 Å². The van der Waals surface area contributed by atoms with E-state index in [0.717, 1.165) is 18.7 Å². The summed E-state index contributed by atoms with van der Waals surface area (Å²) in [5.41, 5.74) is 2.11. The molecule has 0 heterocycles. The molecule has 14 heavy (non-hydrogen) atoms. The third-order valence-electron chi connectivity index (χ3n) is 2.23. The van der Waals surface area contributed by atoms with Crippen LogP contribution in [0.4, 0.5) is 5.69 Å². The highest BCUT2D eigenvalue weighted by molar-refractivity contribution is 5.79. The fourth-order valence-corrected chi connectivity index (χ4v) is 1.43. The molecule has 0 amide bonds. The first kappa shape index (κ1) is 10.6. The summed E-state index contributed by atoms with van der Waals surface area (Å²) >= 11 is 0. The Morgan fingerprint density at radius 3 is 2.21 bits per heavy atom. The molecule has 76 valence electrons. The van der Waals surface area contributed by atoms with Gasteiger partial charge in [0, 0.05) is 18.8 Å². The van der Waals surface area contributed by atoms with Gasteiger partial charge in [-0.25, -0.2) is 0 Å². The Balaban J connectivity index is 2.81. The number of hydrogen-bond acceptors (Lipinski definition) is 3. The number of rotatable bonds is 4. The van der Waals surface area contributed by atoms with Crippen molar-refractivity contribution in [2.75, 3.05) is 18.0 Å². The molecule has 1 aromatic rings. The van der Waals surface area contributed by atoms with Crippen LogP contribution in [0.1, 0.15) is 19.4 Å². The van der Waals surface area contributed by atoms with Crippen LogP contribution in [0, 0.1) is 0 Å². The first-order valence-electron chi connectivity index (χ1n) is 4.84. The smallest absolute Gasteiger partial charge is 0.0733 e. The van der Waals surface area contributed by atoms with E-state index in [1.807, 2.05) is 24.3 Å². The van der Waals surface area contributed by atoms with Gasteiger partial charge in [-0.15, -0.1) is 0 Å². The number of nitrogens with zero attached hydrogens (tertiary/aromatic N) is 2. The second-order valence-corrected chi connectivity index (χ2v) is 3.01. The van der Waals surface area contributed by atoms with Crippen LogP contribution in [0.3, 0.4) is 0 Å². The minimum Gasteiger partial charge on any atom is -0.411 e. The molecular formula is C11H16N2O. The fourth-order valence-electron chi connectivity index (χ4n) is 1.43. The van der Waals surface area contributed by atoms with Crippen molar-refractivity contribution in [1.82, 2.24) is 0 Å². The molecule has 0 aromatic heterocycles. The van der Waals surface area contributed by atoms with Crippen LogP contribution >= 0.6 is 0 Å². The van der Waals surface area contributed by atoms with E-state index in [4.69, 9.17) is 5.21 Å². The van der Waals surface area contributed by atoms with Gasteiger partial charge in [0.2, 0.25) is 0 Å². The van der Waals surface area contributed by atoms with Gasteiger partial charge in [-0.05, 0) is 31.5 Å². The van der Waals surface area contributed by atoms with E-state index in [9.17, 15) is 0 Å². The molecular weight excluding hydrogens is 176 g/mol. The molecule has 0 radical (unpaired) electrons. The van der Waals surface area contributed by atoms with Crippen LogP contribution < -0.4 is 4.90 Å². The van der Waals surface area contributed by atoms with Gasteiger partial charge in [0.05, 0.1) is 6.21 Å². The monoisotopic (exact) mass is 192 g/mol. The second-order valence-electron chi connectivity index (χ2n) is 3.01. The van der Waals surface area contributed by atoms with Gasteiger partial charge in [-0.2, -0.15) is 0 Å². The van der Waals surface area contributed by atoms with Crippen molar-refractivity contribution in [1.29, 1.82) is 0 Å². The lowest BCUT2D eigenvalue weighted by molar-refractivity contribution is 0.322. The van der Waals surface area contributed by atoms with Crippen molar-refractivity contribution in [3.8, 4) is 0 Å². The average molecular weight is 192 g/mol. The minimum atomic E-state index is 0.906. The van der Waals surface area contributed by atoms with Crippen LogP contribution in [-0.2, 0) is 0 Å². The summed E-state index contributed by atoms with van der Waals surface area (Å²) in [6.07, 6.45) is 1.42. The van der Waals surface area contributed by atoms with Crippen molar-refractivity contribution < 1.29 is 5.21 Å². The highest BCUT2D eigenvalue weighted by Gasteiger charge is 1.99. The van der Waals surface area contributed by atoms with Crippen LogP contribution in [0.25, 0.3) is 0 Å². The first-order chi connectivity index (χ1) is 6.81. The third kappa shape index (κ3) is 2.49. The Kier molecular flexibility index (Phi) is 3.98. The van der Waals surface area contributed by atoms with Crippen molar-refractivity contribution in [3.05, 3.63) is 29.8 Å². The normalized spacial score (nSPS) is 10.7. The predicted octanol–water partition coefficient (Wildman–Crippen LogP) is 2.34. The van der Waals surface area contributed by atoms with Crippen LogP contribution in [0.15, 0.2) is 29.4 Å². The summed E-state index contributed by atoms with van der Waals surface area (Å²) in [6.45, 7) is 6.27. The first-order valence-corrected chi connectivity index (χ1v) is 4.84. The van der Waals surface area contributed by atoms with E-state index in [-0.39, 0.29) is 0 Å². The predicted molar refractivity (Wildman–Crippen MR) is 59.4 cm³/mol. The van der Waals surface area contributed by atoms with E-state index in [0.29, 0.717) is 0 Å². The molecule has 0 bridgehead atoms. The lowest BCUT2D eigenvalue weighted by Crippen LogP contribution is -2.21. The summed E-state index contributed by atoms with van der Waals surface area (Å²) in [5.74, 6) is 0. The van der Waals surface area contributed by atoms with Crippen molar-refractivity contribution in [2.45, 2.75) is 13.8 Å². The number of anilines is 1. The zero-order valence-corrected chi connectivity index (χ0v) is 8.64. The van der Waals surface area contributed by atoms with Gasteiger partial charge in [0.15, 0.2) is 0 Å². The minimum absolute atomic E-state index is 0.906. The summed E-state index contributed by atoms with van der Waals surface area (Å²) < 4.78 is 0. The van der Waals surface area contributed by atoms with Crippen molar-refractivity contribution >= 4 is 11.9 Å². The van der Waals surface area contributed by atoms with Gasteiger partial charge in [-0.1, -0.05) is 17.3 Å². The van der Waals surface area contributed by atoms with E-state index in [1.54, 1.807) is 0 Å². The van der Waals surface area contributed by atoms with E-state index >= 15 is 0 Å². The zero-order chi connectivity index (χ0) is 10.4. The fraction of sp³-hybridized carbons (Fsp3) is 0.364. The SMILES string of the molecule is CCN(CC)c1ccc(/C=N\O)cc1. The number of hydrogen-bond donors (Lipinski definition) is 1. The maximum atomic E-state index is 8.35. The van der Waals surface area contributed by atoms with Gasteiger partial charge in [0.25, 0.3) is 0 Å². The lowest BCUT2D eigenvalue weighted by atomic mass is 10.2. The summed E-state index contributed by atoms with van der Waals surface area (Å²) in [7, 11) is 0. The molecule has 0 saturated heterocycles. The summed E-state index contributed by atoms with van der Waals surface area (Å²) in [6, 6.07) is 7.94. The molecule has 1 rings (SSSR count). The molecule has 0 aliphatic rings. The van der Waals surface area contributed by atoms with Gasteiger partial charge in [-0.3, -0.25) is 0 Å². The Morgan fingerprint density at radius 1 is 1.21 bits per heavy atom. The van der Waals surface area contributed by atoms with Crippen molar-refractivity contribution in [3.63, 3.8) is 0 Å². The average Bonchev–Trinajstić information content (AvgIpc) is 2.23. The molecule has 0 spiro atoms. The topological polar surface area (TPSA) is 35.8 Å². The zero-order valence-electron chi connectivity index (χ0n) is 8.64. The Labute approximate surface area is 84.7 Å². The molecule has 3 nitrogen and oxygen atoms in total. The highest BCUT2D eigenvalue weighted by Crippen LogP contribution is 2.13. The van der Waals surface area contributed by atoms with Crippen molar-refractivity contribution in [2.24, 2.45) is 5.16 Å². The van der Waals surface area contributed by atoms with E-state index < -0.39 is 0 Å². The highest BCUT2D eigenvalue weighted by atomic mass is 16.4. The maximum absolute atomic E-state index is 8.35. The number of oxime groups is 1. The van der Waals surface area contributed by atoms with Crippen LogP contribution in [0.5, 0.6) is 0 Å². The molecule has 0 aliphatic carbocycles. The molecule has 0 unspecified atom stereocenters. The molecule has 0 atom stereocenters. The van der Waals surface area contributed by atoms with Crippen LogP contribution in [0.2, 0.25) is 0 Å². The number of benzene rings is 1. The van der Waals surface area contributed by atoms with E-state index in [2.05, 4.69) is 23.9 Å². The third-order valence-corrected chi connectivity index (χ3v) is 2.23. The summed E-state index contributed by atoms with van der Waals surface area (Å²) in [4.78, 5) is 2.26. The van der Waals surface area contributed by atoms with Crippen LogP contribution in [-0.4, -0.2) is 24.5 Å². The molecule has 0 aliphatic heterocycles. The summed E-state index contributed by atoms with van der Waals surface area (Å²) in [5, 5.41) is 11.3. The van der Waals surface area contributed by atoms with Gasteiger partial charge < -0.3 is 10.1 Å². The Hall–Kier alpha value is -1.51. The maximum Gasteiger partial charge on any atom is 0.0733 e. The lowest BCUT2D eigenvalue weighted by Gasteiger charge is -2.20. The Bertz CT molecular complexity index is 289. The molecule has 0 saturated carbocycles. The quantitative estimate of drug-likeness (QED) is 0.451.